The minimum Gasteiger partial charge on any atom is -0.389 e. The van der Waals surface area contributed by atoms with E-state index in [9.17, 15) is 15.0 Å². The molecule has 27 heavy (non-hydrogen) atoms. The fourth-order valence-corrected chi connectivity index (χ4v) is 3.05. The van der Waals surface area contributed by atoms with Crippen molar-refractivity contribution < 1.29 is 14.9 Å². The van der Waals surface area contributed by atoms with Gasteiger partial charge in [0.15, 0.2) is 0 Å². The molecule has 12 nitrogen and oxygen atoms in total. The van der Waals surface area contributed by atoms with Crippen LogP contribution in [0.2, 0.25) is 0 Å². The number of nitrogens with two attached hydrogens (primary N) is 3. The molecule has 1 aliphatic rings. The molecule has 0 aliphatic heterocycles. The topological polar surface area (TPSA) is 193 Å². The number of rotatable bonds is 6. The lowest BCUT2D eigenvalue weighted by atomic mass is 9.85. The van der Waals surface area contributed by atoms with Crippen LogP contribution >= 0.6 is 0 Å². The molecule has 1 aliphatic carbocycles. The summed E-state index contributed by atoms with van der Waals surface area (Å²) in [6.07, 6.45) is 0.658. The van der Waals surface area contributed by atoms with Crippen molar-refractivity contribution in [2.24, 2.45) is 11.5 Å². The van der Waals surface area contributed by atoms with Gasteiger partial charge >= 0.3 is 5.69 Å². The van der Waals surface area contributed by atoms with Gasteiger partial charge in [0, 0.05) is 18.3 Å². The number of nitrogen functional groups attached to an aromatic ring is 1. The fraction of sp³-hybridized carbons (Fsp3) is 0.600. The van der Waals surface area contributed by atoms with Gasteiger partial charge in [-0.25, -0.2) is 9.48 Å². The summed E-state index contributed by atoms with van der Waals surface area (Å²) >= 11 is 0. The highest BCUT2D eigenvalue weighted by Crippen LogP contribution is 2.20. The van der Waals surface area contributed by atoms with Crippen LogP contribution in [0, 0.1) is 0 Å². The van der Waals surface area contributed by atoms with Crippen LogP contribution in [-0.4, -0.2) is 71.8 Å². The summed E-state index contributed by atoms with van der Waals surface area (Å²) < 4.78 is 8.55. The molecule has 1 saturated carbocycles. The summed E-state index contributed by atoms with van der Waals surface area (Å²) in [6.45, 7) is 0.785. The quantitative estimate of drug-likeness (QED) is 0.337. The van der Waals surface area contributed by atoms with Gasteiger partial charge < -0.3 is 32.2 Å². The van der Waals surface area contributed by atoms with E-state index in [-0.39, 0.29) is 19.0 Å². The molecule has 8 N–H and O–H groups in total. The van der Waals surface area contributed by atoms with Crippen molar-refractivity contribution in [3.8, 4) is 0 Å². The molecular formula is C15H24N8O4. The second kappa shape index (κ2) is 8.10. The molecule has 0 unspecified atom stereocenters. The zero-order chi connectivity index (χ0) is 19.6. The Bertz CT molecular complexity index is 824. The van der Waals surface area contributed by atoms with Gasteiger partial charge in [-0.15, -0.1) is 5.10 Å². The van der Waals surface area contributed by atoms with Crippen molar-refractivity contribution in [3.63, 3.8) is 0 Å². The molecule has 5 atom stereocenters. The Morgan fingerprint density at radius 1 is 1.26 bits per heavy atom. The lowest BCUT2D eigenvalue weighted by Gasteiger charge is -2.39. The predicted molar refractivity (Wildman–Crippen MR) is 94.4 cm³/mol. The van der Waals surface area contributed by atoms with Crippen LogP contribution in [0.1, 0.15) is 12.1 Å². The summed E-state index contributed by atoms with van der Waals surface area (Å²) in [4.78, 5) is 15.4. The molecule has 3 rings (SSSR count). The summed E-state index contributed by atoms with van der Waals surface area (Å²) in [5.41, 5.74) is 17.2. The summed E-state index contributed by atoms with van der Waals surface area (Å²) in [5, 5.41) is 27.9. The van der Waals surface area contributed by atoms with Crippen LogP contribution in [0.5, 0.6) is 0 Å². The predicted octanol–water partition coefficient (Wildman–Crippen LogP) is -3.37. The van der Waals surface area contributed by atoms with Crippen LogP contribution in [0.3, 0.4) is 0 Å². The fourth-order valence-electron chi connectivity index (χ4n) is 3.05. The van der Waals surface area contributed by atoms with E-state index < -0.39 is 36.1 Å². The number of anilines is 1. The lowest BCUT2D eigenvalue weighted by molar-refractivity contribution is -0.128. The van der Waals surface area contributed by atoms with E-state index in [0.717, 1.165) is 0 Å². The number of hydrogen-bond acceptors (Lipinski definition) is 10. The summed E-state index contributed by atoms with van der Waals surface area (Å²) in [5.74, 6) is 0.159. The van der Waals surface area contributed by atoms with Gasteiger partial charge in [-0.2, -0.15) is 4.98 Å². The molecule has 2 aromatic rings. The zero-order valence-corrected chi connectivity index (χ0v) is 14.6. The number of aromatic nitrogens is 5. The maximum atomic E-state index is 11.7. The van der Waals surface area contributed by atoms with Gasteiger partial charge in [0.2, 0.25) is 0 Å². The van der Waals surface area contributed by atoms with E-state index in [1.54, 1.807) is 10.9 Å². The Kier molecular flexibility index (Phi) is 5.82. The van der Waals surface area contributed by atoms with Crippen molar-refractivity contribution in [3.05, 3.63) is 34.6 Å². The molecule has 0 radical (unpaired) electrons. The van der Waals surface area contributed by atoms with E-state index in [1.807, 2.05) is 0 Å². The normalized spacial score (nSPS) is 28.4. The Labute approximate surface area is 154 Å². The maximum Gasteiger partial charge on any atom is 0.349 e. The van der Waals surface area contributed by atoms with Crippen LogP contribution in [0.15, 0.2) is 23.3 Å². The van der Waals surface area contributed by atoms with E-state index >= 15 is 0 Å². The Morgan fingerprint density at radius 2 is 2.04 bits per heavy atom. The molecule has 0 aromatic carbocycles. The molecule has 0 saturated heterocycles. The second-order valence-corrected chi connectivity index (χ2v) is 6.62. The molecule has 1 fully saturated rings. The van der Waals surface area contributed by atoms with Crippen molar-refractivity contribution in [1.82, 2.24) is 24.5 Å². The summed E-state index contributed by atoms with van der Waals surface area (Å²) in [6, 6.07) is 0.493. The van der Waals surface area contributed by atoms with Gasteiger partial charge in [0.05, 0.1) is 32.0 Å². The third kappa shape index (κ3) is 4.48. The highest BCUT2D eigenvalue weighted by molar-refractivity contribution is 5.23. The molecule has 148 valence electrons. The zero-order valence-electron chi connectivity index (χ0n) is 14.6. The van der Waals surface area contributed by atoms with E-state index in [0.29, 0.717) is 18.7 Å². The van der Waals surface area contributed by atoms with Gasteiger partial charge in [-0.05, 0) is 12.5 Å². The monoisotopic (exact) mass is 380 g/mol. The average Bonchev–Trinajstić information content (AvgIpc) is 3.06. The molecule has 0 amide bonds. The number of aliphatic hydroxyl groups excluding tert-OH is 2. The molecule has 12 heteroatoms. The lowest BCUT2D eigenvalue weighted by Crippen LogP contribution is -2.62. The van der Waals surface area contributed by atoms with Crippen LogP contribution in [0.4, 0.5) is 5.82 Å². The van der Waals surface area contributed by atoms with Gasteiger partial charge in [0.1, 0.15) is 23.7 Å². The first-order chi connectivity index (χ1) is 12.8. The highest BCUT2D eigenvalue weighted by atomic mass is 16.5. The number of hydrogen-bond donors (Lipinski definition) is 5. The van der Waals surface area contributed by atoms with Gasteiger partial charge in [0.25, 0.3) is 0 Å². The molecular weight excluding hydrogens is 356 g/mol. The first-order valence-corrected chi connectivity index (χ1v) is 8.56. The molecule has 2 aromatic heterocycles. The second-order valence-electron chi connectivity index (χ2n) is 6.62. The first-order valence-electron chi connectivity index (χ1n) is 8.56. The molecule has 0 spiro atoms. The molecule has 0 bridgehead atoms. The van der Waals surface area contributed by atoms with Crippen molar-refractivity contribution >= 4 is 5.82 Å². The van der Waals surface area contributed by atoms with Gasteiger partial charge in [-0.3, -0.25) is 4.57 Å². The third-order valence-corrected chi connectivity index (χ3v) is 4.54. The highest BCUT2D eigenvalue weighted by Gasteiger charge is 2.41. The summed E-state index contributed by atoms with van der Waals surface area (Å²) in [7, 11) is 0. The largest absolute Gasteiger partial charge is 0.389 e. The minimum absolute atomic E-state index is 0.159. The van der Waals surface area contributed by atoms with E-state index in [2.05, 4.69) is 15.3 Å². The SMILES string of the molecule is Nc1ccn(Cc2cn(CCO[C@H]3[C@H](O)[C@@H](O)[C@H](N)C[C@@H]3N)nn2)c(=O)n1. The average molecular weight is 380 g/mol. The minimum atomic E-state index is -1.14. The van der Waals surface area contributed by atoms with Crippen molar-refractivity contribution in [2.45, 2.75) is 49.9 Å². The van der Waals surface area contributed by atoms with Crippen molar-refractivity contribution in [2.75, 3.05) is 12.3 Å². The van der Waals surface area contributed by atoms with Crippen LogP contribution < -0.4 is 22.9 Å². The molecule has 2 heterocycles. The Morgan fingerprint density at radius 3 is 2.78 bits per heavy atom. The van der Waals surface area contributed by atoms with Gasteiger partial charge in [-0.1, -0.05) is 5.21 Å². The number of nitrogens with zero attached hydrogens (tertiary/aromatic N) is 5. The third-order valence-electron chi connectivity index (χ3n) is 4.54. The Balaban J connectivity index is 1.53. The Hall–Kier alpha value is -2.38. The van der Waals surface area contributed by atoms with Crippen LogP contribution in [0.25, 0.3) is 0 Å². The van der Waals surface area contributed by atoms with Crippen LogP contribution in [-0.2, 0) is 17.8 Å². The van der Waals surface area contributed by atoms with E-state index in [1.165, 1.54) is 16.8 Å². The van der Waals surface area contributed by atoms with Crippen molar-refractivity contribution in [1.29, 1.82) is 0 Å². The van der Waals surface area contributed by atoms with E-state index in [4.69, 9.17) is 21.9 Å². The number of ether oxygens (including phenoxy) is 1. The smallest absolute Gasteiger partial charge is 0.349 e. The maximum absolute atomic E-state index is 11.7. The first kappa shape index (κ1) is 19.4. The number of aliphatic hydroxyl groups is 2. The standard InChI is InChI=1S/C15H24N8O4/c16-9-5-10(17)14(13(25)12(9)24)27-4-3-23-7-8(20-21-23)6-22-2-1-11(18)19-15(22)26/h1-2,7,9-10,12-14,24-25H,3-6,16-17H2,(H2,18,19,26)/t9-,10+,12+,13-,14-/m1/s1.